The Morgan fingerprint density at radius 1 is 1.10 bits per heavy atom. The third kappa shape index (κ3) is 5.81. The summed E-state index contributed by atoms with van der Waals surface area (Å²) >= 11 is 6.03. The number of halogens is 3. The molecule has 0 aliphatic heterocycles. The summed E-state index contributed by atoms with van der Waals surface area (Å²) in [7, 11) is -3.53. The number of benzene rings is 1. The summed E-state index contributed by atoms with van der Waals surface area (Å²) in [5.74, 6) is -8.66. The van der Waals surface area contributed by atoms with Gasteiger partial charge in [-0.3, -0.25) is 20.6 Å². The first-order chi connectivity index (χ1) is 14.0. The second-order valence-corrected chi connectivity index (χ2v) is 8.00. The highest BCUT2D eigenvalue weighted by Gasteiger charge is 2.21. The fraction of sp³-hybridized carbons (Fsp3) is 0.0588. The largest absolute Gasteiger partial charge is 0.476 e. The number of hydrazine groups is 1. The highest BCUT2D eigenvalue weighted by atomic mass is 35.5. The van der Waals surface area contributed by atoms with Gasteiger partial charge in [0.1, 0.15) is 5.69 Å². The minimum Gasteiger partial charge on any atom is -0.476 e. The van der Waals surface area contributed by atoms with E-state index < -0.39 is 33.4 Å². The molecule has 1 aromatic heterocycles. The van der Waals surface area contributed by atoms with Crippen LogP contribution >= 0.6 is 11.6 Å². The van der Waals surface area contributed by atoms with Crippen molar-refractivity contribution >= 4 is 44.8 Å². The van der Waals surface area contributed by atoms with E-state index >= 15 is 0 Å². The van der Waals surface area contributed by atoms with E-state index in [2.05, 4.69) is 15.4 Å². The van der Waals surface area contributed by atoms with Crippen LogP contribution in [0.3, 0.4) is 0 Å². The molecule has 0 bridgehead atoms. The van der Waals surface area contributed by atoms with Crippen LogP contribution in [0.25, 0.3) is 0 Å². The molecule has 0 atom stereocenters. The molecular weight excluding hydrogens is 446 g/mol. The van der Waals surface area contributed by atoms with Crippen molar-refractivity contribution in [1.29, 1.82) is 0 Å². The number of aliphatic carboxylic acids is 1. The van der Waals surface area contributed by atoms with Crippen molar-refractivity contribution < 1.29 is 31.9 Å². The monoisotopic (exact) mass is 458 g/mol. The van der Waals surface area contributed by atoms with Gasteiger partial charge in [-0.15, -0.1) is 0 Å². The number of carbonyl (C=O) groups excluding carboxylic acids is 1. The van der Waals surface area contributed by atoms with E-state index in [1.54, 1.807) is 17.6 Å². The number of nitrogens with zero attached hydrogens (tertiary/aromatic N) is 2. The minimum atomic E-state index is -3.53. The van der Waals surface area contributed by atoms with Crippen LogP contribution in [0, 0.1) is 0 Å². The maximum Gasteiger partial charge on any atom is 0.368 e. The van der Waals surface area contributed by atoms with Gasteiger partial charge in [0.15, 0.2) is 15.7 Å². The van der Waals surface area contributed by atoms with Crippen molar-refractivity contribution in [2.24, 2.45) is 4.99 Å². The van der Waals surface area contributed by atoms with E-state index in [0.29, 0.717) is 0 Å². The first-order valence-corrected chi connectivity index (χ1v) is 10.1. The van der Waals surface area contributed by atoms with E-state index in [9.17, 15) is 26.8 Å². The number of aromatic nitrogens is 1. The third-order valence-corrected chi connectivity index (χ3v) is 4.78. The first kappa shape index (κ1) is 22.9. The molecule has 2 aromatic rings. The highest BCUT2D eigenvalue weighted by molar-refractivity contribution is 7.90. The van der Waals surface area contributed by atoms with E-state index in [0.717, 1.165) is 12.5 Å². The Morgan fingerprint density at radius 2 is 1.77 bits per heavy atom. The van der Waals surface area contributed by atoms with E-state index in [4.69, 9.17) is 16.7 Å². The number of aliphatic imine (C=N–C) groups is 1. The molecule has 0 fully saturated rings. The van der Waals surface area contributed by atoms with Gasteiger partial charge >= 0.3 is 11.9 Å². The number of pyridine rings is 1. The highest BCUT2D eigenvalue weighted by Crippen LogP contribution is 2.24. The van der Waals surface area contributed by atoms with Crippen molar-refractivity contribution in [1.82, 2.24) is 15.8 Å². The number of carbonyl (C=O) groups is 2. The Bertz CT molecular complexity index is 1150. The standard InChI is InChI=1S/C17H13ClF2N4O5S/c1-30(28,29)9-6-7-12(21-8-9)15(22-11-5-3-2-4-10(11)18)23-24-16(25)13(19)14(20)17(26)27/h2-8H,1H3,(H,22,23)(H,24,25)(H,26,27). The smallest absolute Gasteiger partial charge is 0.368 e. The number of sulfone groups is 1. The van der Waals surface area contributed by atoms with Crippen molar-refractivity contribution in [3.05, 3.63) is 65.0 Å². The normalized spacial score (nSPS) is 12.7. The van der Waals surface area contributed by atoms with Gasteiger partial charge in [-0.05, 0) is 24.3 Å². The molecule has 0 unspecified atom stereocenters. The molecular formula is C17H13ClF2N4O5S. The van der Waals surface area contributed by atoms with E-state index in [1.807, 2.05) is 0 Å². The van der Waals surface area contributed by atoms with Crippen LogP contribution in [0.4, 0.5) is 14.5 Å². The number of nitrogens with one attached hydrogen (secondary N) is 2. The minimum absolute atomic E-state index is 0.00529. The van der Waals surface area contributed by atoms with Crippen molar-refractivity contribution in [3.8, 4) is 0 Å². The lowest BCUT2D eigenvalue weighted by Crippen LogP contribution is -2.43. The summed E-state index contributed by atoms with van der Waals surface area (Å²) in [6.07, 6.45) is 2.01. The van der Waals surface area contributed by atoms with Crippen LogP contribution < -0.4 is 10.9 Å². The van der Waals surface area contributed by atoms with Crippen molar-refractivity contribution in [3.63, 3.8) is 0 Å². The molecule has 158 valence electrons. The molecule has 0 saturated carbocycles. The number of para-hydroxylation sites is 1. The Morgan fingerprint density at radius 3 is 2.30 bits per heavy atom. The van der Waals surface area contributed by atoms with E-state index in [-0.39, 0.29) is 27.1 Å². The molecule has 9 nitrogen and oxygen atoms in total. The Balaban J connectivity index is 2.40. The molecule has 1 heterocycles. The second kappa shape index (κ2) is 9.41. The quantitative estimate of drug-likeness (QED) is 0.270. The molecule has 0 spiro atoms. The van der Waals surface area contributed by atoms with Gasteiger partial charge in [0, 0.05) is 12.5 Å². The Kier molecular flexibility index (Phi) is 7.19. The van der Waals surface area contributed by atoms with Gasteiger partial charge < -0.3 is 5.11 Å². The van der Waals surface area contributed by atoms with Gasteiger partial charge in [0.25, 0.3) is 0 Å². The predicted octanol–water partition coefficient (Wildman–Crippen LogP) is 2.07. The summed E-state index contributed by atoms with van der Waals surface area (Å²) < 4.78 is 49.7. The number of hydrogen-bond donors (Lipinski definition) is 3. The SMILES string of the molecule is CS(=O)(=O)c1ccc(C(=Nc2ccccc2Cl)NNC(=O)C(F)=C(F)C(=O)O)nc1. The number of hydrogen-bond acceptors (Lipinski definition) is 6. The van der Waals surface area contributed by atoms with Crippen LogP contribution in [0.1, 0.15) is 5.69 Å². The zero-order valence-electron chi connectivity index (χ0n) is 15.1. The first-order valence-electron chi connectivity index (χ1n) is 7.85. The Hall–Kier alpha value is -3.38. The van der Waals surface area contributed by atoms with Crippen LogP contribution in [-0.2, 0) is 19.4 Å². The van der Waals surface area contributed by atoms with Crippen molar-refractivity contribution in [2.45, 2.75) is 4.90 Å². The molecule has 0 radical (unpaired) electrons. The lowest BCUT2D eigenvalue weighted by molar-refractivity contribution is -0.135. The molecule has 13 heteroatoms. The molecule has 30 heavy (non-hydrogen) atoms. The van der Waals surface area contributed by atoms with E-state index in [1.165, 1.54) is 24.3 Å². The number of amidine groups is 1. The summed E-state index contributed by atoms with van der Waals surface area (Å²) in [5.41, 5.74) is 4.15. The van der Waals surface area contributed by atoms with Crippen LogP contribution in [0.15, 0.2) is 64.1 Å². The number of carboxylic acid groups (broad SMARTS) is 1. The zero-order valence-corrected chi connectivity index (χ0v) is 16.6. The number of carboxylic acids is 1. The lowest BCUT2D eigenvalue weighted by atomic mass is 10.3. The molecule has 0 aliphatic rings. The van der Waals surface area contributed by atoms with Gasteiger partial charge in [0.2, 0.25) is 11.7 Å². The lowest BCUT2D eigenvalue weighted by Gasteiger charge is -2.11. The molecule has 1 amide bonds. The van der Waals surface area contributed by atoms with Gasteiger partial charge in [-0.25, -0.2) is 18.2 Å². The van der Waals surface area contributed by atoms with Crippen LogP contribution in [0.2, 0.25) is 5.02 Å². The van der Waals surface area contributed by atoms with Gasteiger partial charge in [-0.1, -0.05) is 23.7 Å². The van der Waals surface area contributed by atoms with Gasteiger partial charge in [-0.2, -0.15) is 8.78 Å². The predicted molar refractivity (Wildman–Crippen MR) is 103 cm³/mol. The zero-order chi connectivity index (χ0) is 22.5. The summed E-state index contributed by atoms with van der Waals surface area (Å²) in [5, 5.41) is 8.61. The topological polar surface area (TPSA) is 138 Å². The fourth-order valence-corrected chi connectivity index (χ4v) is 2.65. The average molecular weight is 459 g/mol. The average Bonchev–Trinajstić information content (AvgIpc) is 2.70. The van der Waals surface area contributed by atoms with Crippen LogP contribution in [-0.4, -0.2) is 42.5 Å². The molecule has 1 aromatic carbocycles. The number of rotatable bonds is 5. The number of amides is 1. The Labute approximate surface area is 174 Å². The van der Waals surface area contributed by atoms with Gasteiger partial charge in [0.05, 0.1) is 15.6 Å². The maximum absolute atomic E-state index is 13.5. The second-order valence-electron chi connectivity index (χ2n) is 5.58. The van der Waals surface area contributed by atoms with Crippen molar-refractivity contribution in [2.75, 3.05) is 6.26 Å². The maximum atomic E-state index is 13.5. The summed E-state index contributed by atoms with van der Waals surface area (Å²) in [6.45, 7) is 0. The summed E-state index contributed by atoms with van der Waals surface area (Å²) in [6, 6.07) is 8.71. The summed E-state index contributed by atoms with van der Waals surface area (Å²) in [4.78, 5) is 30.0. The molecule has 0 saturated heterocycles. The van der Waals surface area contributed by atoms with Crippen LogP contribution in [0.5, 0.6) is 0 Å². The third-order valence-electron chi connectivity index (χ3n) is 3.37. The molecule has 2 rings (SSSR count). The molecule has 0 aliphatic carbocycles. The fourth-order valence-electron chi connectivity index (χ4n) is 1.92. The molecule has 3 N–H and O–H groups in total.